The predicted molar refractivity (Wildman–Crippen MR) is 97.2 cm³/mol. The molecule has 0 spiro atoms. The summed E-state index contributed by atoms with van der Waals surface area (Å²) in [5, 5.41) is 5.22. The van der Waals surface area contributed by atoms with Gasteiger partial charge in [-0.2, -0.15) is 0 Å². The Morgan fingerprint density at radius 2 is 1.81 bits per heavy atom. The zero-order chi connectivity index (χ0) is 18.5. The monoisotopic (exact) mass is 352 g/mol. The molecule has 0 aliphatic rings. The third kappa shape index (κ3) is 4.36. The fourth-order valence-corrected chi connectivity index (χ4v) is 2.50. The van der Waals surface area contributed by atoms with E-state index in [-0.39, 0.29) is 23.9 Å². The van der Waals surface area contributed by atoms with Crippen LogP contribution in [0.25, 0.3) is 11.3 Å². The van der Waals surface area contributed by atoms with E-state index in [1.807, 2.05) is 0 Å². The van der Waals surface area contributed by atoms with Gasteiger partial charge in [0.25, 0.3) is 0 Å². The van der Waals surface area contributed by atoms with Crippen LogP contribution in [-0.2, 0) is 16.0 Å². The standard InChI is InChI=1S/C20H17FN2O3/c1-13(24)22-16-7-4-14(5-8-16)11-20(25)23-18-9-6-15(12-17(18)21)19-3-2-10-26-19/h2-10,12H,11H2,1H3,(H,22,24)(H,23,25). The van der Waals surface area contributed by atoms with Crippen LogP contribution in [0.4, 0.5) is 15.8 Å². The first-order valence-corrected chi connectivity index (χ1v) is 8.01. The third-order valence-corrected chi connectivity index (χ3v) is 3.69. The molecule has 5 nitrogen and oxygen atoms in total. The van der Waals surface area contributed by atoms with Gasteiger partial charge in [-0.05, 0) is 48.0 Å². The molecule has 132 valence electrons. The Hall–Kier alpha value is -3.41. The summed E-state index contributed by atoms with van der Waals surface area (Å²) in [7, 11) is 0. The van der Waals surface area contributed by atoms with Crippen molar-refractivity contribution in [2.24, 2.45) is 0 Å². The van der Waals surface area contributed by atoms with Gasteiger partial charge in [0.15, 0.2) is 0 Å². The van der Waals surface area contributed by atoms with E-state index in [0.29, 0.717) is 17.0 Å². The molecule has 0 aliphatic heterocycles. The summed E-state index contributed by atoms with van der Waals surface area (Å²) in [6.45, 7) is 1.42. The van der Waals surface area contributed by atoms with Gasteiger partial charge in [-0.25, -0.2) is 4.39 Å². The highest BCUT2D eigenvalue weighted by molar-refractivity contribution is 5.93. The van der Waals surface area contributed by atoms with Crippen LogP contribution in [0, 0.1) is 5.82 Å². The Kier molecular flexibility index (Phi) is 5.12. The van der Waals surface area contributed by atoms with Gasteiger partial charge in [0.05, 0.1) is 18.4 Å². The van der Waals surface area contributed by atoms with E-state index in [0.717, 1.165) is 5.56 Å². The second-order valence-corrected chi connectivity index (χ2v) is 5.77. The summed E-state index contributed by atoms with van der Waals surface area (Å²) in [6, 6.07) is 14.9. The number of rotatable bonds is 5. The van der Waals surface area contributed by atoms with Gasteiger partial charge in [0, 0.05) is 18.2 Å². The van der Waals surface area contributed by atoms with Crippen LogP contribution in [0.1, 0.15) is 12.5 Å². The van der Waals surface area contributed by atoms with Crippen molar-refractivity contribution in [1.82, 2.24) is 0 Å². The highest BCUT2D eigenvalue weighted by Gasteiger charge is 2.10. The first-order chi connectivity index (χ1) is 12.5. The van der Waals surface area contributed by atoms with Crippen molar-refractivity contribution in [3.05, 3.63) is 72.2 Å². The number of nitrogens with one attached hydrogen (secondary N) is 2. The normalized spacial score (nSPS) is 10.4. The van der Waals surface area contributed by atoms with Crippen molar-refractivity contribution in [2.75, 3.05) is 10.6 Å². The van der Waals surface area contributed by atoms with Crippen LogP contribution < -0.4 is 10.6 Å². The predicted octanol–water partition coefficient (Wildman–Crippen LogP) is 4.23. The summed E-state index contributed by atoms with van der Waals surface area (Å²) >= 11 is 0. The number of furan rings is 1. The Morgan fingerprint density at radius 3 is 2.42 bits per heavy atom. The first-order valence-electron chi connectivity index (χ1n) is 8.01. The number of halogens is 1. The molecule has 0 saturated heterocycles. The molecule has 0 bridgehead atoms. The van der Waals surface area contributed by atoms with Crippen LogP contribution in [-0.4, -0.2) is 11.8 Å². The van der Waals surface area contributed by atoms with Gasteiger partial charge < -0.3 is 15.1 Å². The highest BCUT2D eigenvalue weighted by Crippen LogP contribution is 2.24. The van der Waals surface area contributed by atoms with E-state index >= 15 is 0 Å². The second-order valence-electron chi connectivity index (χ2n) is 5.77. The van der Waals surface area contributed by atoms with Crippen molar-refractivity contribution in [3.8, 4) is 11.3 Å². The van der Waals surface area contributed by atoms with Crippen molar-refractivity contribution in [1.29, 1.82) is 0 Å². The number of amides is 2. The molecule has 6 heteroatoms. The number of hydrogen-bond donors (Lipinski definition) is 2. The van der Waals surface area contributed by atoms with Crippen LogP contribution in [0.15, 0.2) is 65.3 Å². The quantitative estimate of drug-likeness (QED) is 0.722. The smallest absolute Gasteiger partial charge is 0.228 e. The lowest BCUT2D eigenvalue weighted by Crippen LogP contribution is -2.15. The molecule has 1 aromatic heterocycles. The summed E-state index contributed by atoms with van der Waals surface area (Å²) < 4.78 is 19.4. The molecule has 0 unspecified atom stereocenters. The van der Waals surface area contributed by atoms with E-state index in [2.05, 4.69) is 10.6 Å². The molecule has 3 rings (SSSR count). The van der Waals surface area contributed by atoms with Crippen molar-refractivity contribution in [3.63, 3.8) is 0 Å². The van der Waals surface area contributed by atoms with Crippen LogP contribution in [0.3, 0.4) is 0 Å². The zero-order valence-electron chi connectivity index (χ0n) is 14.1. The minimum atomic E-state index is -0.534. The molecule has 2 N–H and O–H groups in total. The van der Waals surface area contributed by atoms with Gasteiger partial charge in [0.2, 0.25) is 11.8 Å². The third-order valence-electron chi connectivity index (χ3n) is 3.69. The molecule has 26 heavy (non-hydrogen) atoms. The molecular formula is C20H17FN2O3. The molecule has 1 heterocycles. The Labute approximate surface area is 149 Å². The molecule has 2 amide bonds. The summed E-state index contributed by atoms with van der Waals surface area (Å²) in [5.74, 6) is -0.472. The van der Waals surface area contributed by atoms with Crippen molar-refractivity contribution >= 4 is 23.2 Å². The minimum absolute atomic E-state index is 0.0970. The van der Waals surface area contributed by atoms with Crippen LogP contribution >= 0.6 is 0 Å². The lowest BCUT2D eigenvalue weighted by Gasteiger charge is -2.08. The molecule has 0 aliphatic carbocycles. The van der Waals surface area contributed by atoms with E-state index in [4.69, 9.17) is 4.42 Å². The van der Waals surface area contributed by atoms with E-state index in [1.165, 1.54) is 25.3 Å². The van der Waals surface area contributed by atoms with Crippen LogP contribution in [0.2, 0.25) is 0 Å². The molecule has 0 saturated carbocycles. The van der Waals surface area contributed by atoms with Gasteiger partial charge in [0.1, 0.15) is 11.6 Å². The lowest BCUT2D eigenvalue weighted by molar-refractivity contribution is -0.116. The maximum Gasteiger partial charge on any atom is 0.228 e. The Balaban J connectivity index is 1.63. The van der Waals surface area contributed by atoms with Gasteiger partial charge in [-0.3, -0.25) is 9.59 Å². The molecule has 0 atom stereocenters. The number of benzene rings is 2. The Bertz CT molecular complexity index is 919. The van der Waals surface area contributed by atoms with Gasteiger partial charge in [-0.1, -0.05) is 12.1 Å². The van der Waals surface area contributed by atoms with Gasteiger partial charge in [-0.15, -0.1) is 0 Å². The average Bonchev–Trinajstić information content (AvgIpc) is 3.12. The van der Waals surface area contributed by atoms with Crippen molar-refractivity contribution in [2.45, 2.75) is 13.3 Å². The fraction of sp³-hybridized carbons (Fsp3) is 0.100. The molecule has 0 radical (unpaired) electrons. The molecular weight excluding hydrogens is 335 g/mol. The van der Waals surface area contributed by atoms with E-state index in [1.54, 1.807) is 42.5 Å². The summed E-state index contributed by atoms with van der Waals surface area (Å²) in [4.78, 5) is 23.1. The number of hydrogen-bond acceptors (Lipinski definition) is 3. The maximum absolute atomic E-state index is 14.2. The number of carbonyl (C=O) groups excluding carboxylic acids is 2. The maximum atomic E-state index is 14.2. The Morgan fingerprint density at radius 1 is 1.04 bits per heavy atom. The molecule has 3 aromatic rings. The lowest BCUT2D eigenvalue weighted by atomic mass is 10.1. The minimum Gasteiger partial charge on any atom is -0.464 e. The molecule has 0 fully saturated rings. The largest absolute Gasteiger partial charge is 0.464 e. The van der Waals surface area contributed by atoms with Crippen molar-refractivity contribution < 1.29 is 18.4 Å². The fourth-order valence-electron chi connectivity index (χ4n) is 2.50. The number of anilines is 2. The van der Waals surface area contributed by atoms with E-state index < -0.39 is 5.82 Å². The van der Waals surface area contributed by atoms with Gasteiger partial charge >= 0.3 is 0 Å². The first kappa shape index (κ1) is 17.4. The zero-order valence-corrected chi connectivity index (χ0v) is 14.1. The second kappa shape index (κ2) is 7.65. The molecule has 2 aromatic carbocycles. The topological polar surface area (TPSA) is 71.3 Å². The summed E-state index contributed by atoms with van der Waals surface area (Å²) in [5.41, 5.74) is 2.12. The summed E-state index contributed by atoms with van der Waals surface area (Å²) in [6.07, 6.45) is 1.61. The van der Waals surface area contributed by atoms with Crippen LogP contribution in [0.5, 0.6) is 0 Å². The average molecular weight is 352 g/mol. The highest BCUT2D eigenvalue weighted by atomic mass is 19.1. The number of carbonyl (C=O) groups is 2. The van der Waals surface area contributed by atoms with E-state index in [9.17, 15) is 14.0 Å². The SMILES string of the molecule is CC(=O)Nc1ccc(CC(=O)Nc2ccc(-c3ccco3)cc2F)cc1.